The molecule has 8 heteroatoms. The smallest absolute Gasteiger partial charge is 0.244 e. The second kappa shape index (κ2) is 5.91. The maximum Gasteiger partial charge on any atom is 0.244 e. The fourth-order valence-electron chi connectivity index (χ4n) is 1.53. The van der Waals surface area contributed by atoms with Crippen LogP contribution in [0.4, 0.5) is 5.95 Å². The van der Waals surface area contributed by atoms with Crippen LogP contribution in [0, 0.1) is 0 Å². The zero-order chi connectivity index (χ0) is 13.8. The van der Waals surface area contributed by atoms with Gasteiger partial charge in [0.15, 0.2) is 5.65 Å². The standard InChI is InChI=1S/C11H17N5O3/c1-15(2)10-12-6-8-9(14-10)16(7-13-8)11(18)19-5-3-4-17/h6-7,11,17-18H,3-5H2,1-2H3. The lowest BCUT2D eigenvalue weighted by atomic mass is 10.5. The molecule has 1 atom stereocenters. The first kappa shape index (κ1) is 13.7. The summed E-state index contributed by atoms with van der Waals surface area (Å²) in [5.41, 5.74) is 1.07. The van der Waals surface area contributed by atoms with Crippen molar-refractivity contribution in [1.82, 2.24) is 19.5 Å². The summed E-state index contributed by atoms with van der Waals surface area (Å²) in [4.78, 5) is 14.3. The average Bonchev–Trinajstić information content (AvgIpc) is 2.81. The normalized spacial score (nSPS) is 12.8. The van der Waals surface area contributed by atoms with Gasteiger partial charge in [-0.1, -0.05) is 0 Å². The molecule has 8 nitrogen and oxygen atoms in total. The van der Waals surface area contributed by atoms with Gasteiger partial charge in [0.05, 0.1) is 12.8 Å². The Bertz CT molecular complexity index is 542. The maximum atomic E-state index is 9.91. The van der Waals surface area contributed by atoms with E-state index in [2.05, 4.69) is 15.0 Å². The predicted molar refractivity (Wildman–Crippen MR) is 68.6 cm³/mol. The molecular weight excluding hydrogens is 250 g/mol. The van der Waals surface area contributed by atoms with E-state index >= 15 is 0 Å². The lowest BCUT2D eigenvalue weighted by Gasteiger charge is -2.14. The van der Waals surface area contributed by atoms with Gasteiger partial charge in [-0.05, 0) is 6.42 Å². The van der Waals surface area contributed by atoms with E-state index in [9.17, 15) is 5.11 Å². The number of anilines is 1. The molecule has 2 N–H and O–H groups in total. The van der Waals surface area contributed by atoms with E-state index in [0.29, 0.717) is 23.5 Å². The summed E-state index contributed by atoms with van der Waals surface area (Å²) >= 11 is 0. The van der Waals surface area contributed by atoms with Crippen molar-refractivity contribution < 1.29 is 14.9 Å². The van der Waals surface area contributed by atoms with Crippen LogP contribution in [0.25, 0.3) is 11.2 Å². The topological polar surface area (TPSA) is 96.5 Å². The molecule has 2 heterocycles. The SMILES string of the molecule is CN(C)c1ncc2ncn(C(O)OCCCO)c2n1. The Kier molecular flexibility index (Phi) is 4.25. The van der Waals surface area contributed by atoms with Crippen LogP contribution in [0.1, 0.15) is 12.8 Å². The first-order valence-corrected chi connectivity index (χ1v) is 5.91. The van der Waals surface area contributed by atoms with Gasteiger partial charge >= 0.3 is 0 Å². The van der Waals surface area contributed by atoms with Crippen molar-refractivity contribution in [2.75, 3.05) is 32.2 Å². The fraction of sp³-hybridized carbons (Fsp3) is 0.545. The third kappa shape index (κ3) is 2.98. The van der Waals surface area contributed by atoms with E-state index < -0.39 is 6.41 Å². The van der Waals surface area contributed by atoms with Crippen molar-refractivity contribution >= 4 is 17.1 Å². The minimum atomic E-state index is -1.18. The van der Waals surface area contributed by atoms with Crippen molar-refractivity contribution in [2.45, 2.75) is 12.8 Å². The fourth-order valence-corrected chi connectivity index (χ4v) is 1.53. The molecular formula is C11H17N5O3. The number of aromatic nitrogens is 4. The molecule has 0 fully saturated rings. The summed E-state index contributed by atoms with van der Waals surface area (Å²) < 4.78 is 6.60. The highest BCUT2D eigenvalue weighted by Crippen LogP contribution is 2.16. The van der Waals surface area contributed by atoms with Crippen molar-refractivity contribution in [3.8, 4) is 0 Å². The highest BCUT2D eigenvalue weighted by Gasteiger charge is 2.14. The Morgan fingerprint density at radius 3 is 2.89 bits per heavy atom. The Morgan fingerprint density at radius 1 is 1.42 bits per heavy atom. The zero-order valence-corrected chi connectivity index (χ0v) is 10.9. The minimum Gasteiger partial charge on any atom is -0.396 e. The number of aliphatic hydroxyl groups is 2. The van der Waals surface area contributed by atoms with Gasteiger partial charge in [-0.15, -0.1) is 0 Å². The molecule has 2 aromatic heterocycles. The first-order valence-electron chi connectivity index (χ1n) is 5.91. The van der Waals surface area contributed by atoms with Crippen molar-refractivity contribution in [1.29, 1.82) is 0 Å². The predicted octanol–water partition coefficient (Wildman–Crippen LogP) is -0.260. The number of ether oxygens (including phenoxy) is 1. The zero-order valence-electron chi connectivity index (χ0n) is 10.9. The van der Waals surface area contributed by atoms with Gasteiger partial charge in [-0.3, -0.25) is 4.57 Å². The lowest BCUT2D eigenvalue weighted by Crippen LogP contribution is -2.15. The number of imidazole rings is 1. The van der Waals surface area contributed by atoms with Crippen LogP contribution in [-0.4, -0.2) is 57.0 Å². The van der Waals surface area contributed by atoms with Crippen LogP contribution < -0.4 is 4.90 Å². The molecule has 19 heavy (non-hydrogen) atoms. The Hall–Kier alpha value is -1.77. The Morgan fingerprint density at radius 2 is 2.21 bits per heavy atom. The summed E-state index contributed by atoms with van der Waals surface area (Å²) in [5, 5.41) is 18.6. The molecule has 0 aliphatic carbocycles. The number of hydrogen-bond acceptors (Lipinski definition) is 7. The van der Waals surface area contributed by atoms with Crippen LogP contribution in [0.3, 0.4) is 0 Å². The molecule has 2 rings (SSSR count). The second-order valence-corrected chi connectivity index (χ2v) is 4.20. The lowest BCUT2D eigenvalue weighted by molar-refractivity contribution is -0.152. The van der Waals surface area contributed by atoms with Crippen LogP contribution in [0.2, 0.25) is 0 Å². The third-order valence-electron chi connectivity index (χ3n) is 2.51. The monoisotopic (exact) mass is 267 g/mol. The highest BCUT2D eigenvalue weighted by molar-refractivity contribution is 5.70. The van der Waals surface area contributed by atoms with E-state index in [-0.39, 0.29) is 13.2 Å². The summed E-state index contributed by atoms with van der Waals surface area (Å²) in [6.45, 7) is 0.271. The van der Waals surface area contributed by atoms with E-state index in [1.165, 1.54) is 10.9 Å². The number of nitrogens with zero attached hydrogens (tertiary/aromatic N) is 5. The molecule has 0 spiro atoms. The van der Waals surface area contributed by atoms with Crippen LogP contribution in [0.15, 0.2) is 12.5 Å². The van der Waals surface area contributed by atoms with E-state index in [1.807, 2.05) is 14.1 Å². The number of hydrogen-bond donors (Lipinski definition) is 2. The quantitative estimate of drug-likeness (QED) is 0.549. The highest BCUT2D eigenvalue weighted by atomic mass is 16.6. The van der Waals surface area contributed by atoms with Crippen LogP contribution in [-0.2, 0) is 4.74 Å². The van der Waals surface area contributed by atoms with Crippen LogP contribution in [0.5, 0.6) is 0 Å². The van der Waals surface area contributed by atoms with E-state index in [1.54, 1.807) is 11.1 Å². The molecule has 2 aromatic rings. The van der Waals surface area contributed by atoms with Crippen molar-refractivity contribution in [3.05, 3.63) is 12.5 Å². The second-order valence-electron chi connectivity index (χ2n) is 4.20. The summed E-state index contributed by atoms with van der Waals surface area (Å²) in [6.07, 6.45) is 2.32. The van der Waals surface area contributed by atoms with Gasteiger partial charge in [0.25, 0.3) is 0 Å². The van der Waals surface area contributed by atoms with Gasteiger partial charge in [0.1, 0.15) is 11.8 Å². The molecule has 1 unspecified atom stereocenters. The average molecular weight is 267 g/mol. The van der Waals surface area contributed by atoms with Gasteiger partial charge in [-0.2, -0.15) is 4.98 Å². The molecule has 0 radical (unpaired) electrons. The summed E-state index contributed by atoms with van der Waals surface area (Å²) in [7, 11) is 3.66. The van der Waals surface area contributed by atoms with Crippen LogP contribution >= 0.6 is 0 Å². The number of aliphatic hydroxyl groups excluding tert-OH is 2. The largest absolute Gasteiger partial charge is 0.396 e. The summed E-state index contributed by atoms with van der Waals surface area (Å²) in [5.74, 6) is 0.525. The van der Waals surface area contributed by atoms with Crippen molar-refractivity contribution in [2.24, 2.45) is 0 Å². The van der Waals surface area contributed by atoms with E-state index in [0.717, 1.165) is 0 Å². The van der Waals surface area contributed by atoms with Gasteiger partial charge in [0, 0.05) is 20.7 Å². The Labute approximate surface area is 110 Å². The van der Waals surface area contributed by atoms with E-state index in [4.69, 9.17) is 9.84 Å². The first-order chi connectivity index (χ1) is 9.13. The van der Waals surface area contributed by atoms with Gasteiger partial charge < -0.3 is 19.8 Å². The minimum absolute atomic E-state index is 0.0182. The molecule has 0 saturated heterocycles. The Balaban J connectivity index is 2.24. The summed E-state index contributed by atoms with van der Waals surface area (Å²) in [6, 6.07) is 0. The molecule has 0 amide bonds. The third-order valence-corrected chi connectivity index (χ3v) is 2.51. The molecule has 0 saturated carbocycles. The molecule has 0 bridgehead atoms. The maximum absolute atomic E-state index is 9.91. The molecule has 104 valence electrons. The number of rotatable bonds is 6. The van der Waals surface area contributed by atoms with Crippen molar-refractivity contribution in [3.63, 3.8) is 0 Å². The van der Waals surface area contributed by atoms with Gasteiger partial charge in [0.2, 0.25) is 12.4 Å². The molecule has 0 aliphatic rings. The molecule has 0 aliphatic heterocycles. The number of fused-ring (bicyclic) bond motifs is 1. The van der Waals surface area contributed by atoms with Gasteiger partial charge in [-0.25, -0.2) is 9.97 Å². The molecule has 0 aromatic carbocycles.